The van der Waals surface area contributed by atoms with Crippen molar-refractivity contribution >= 4 is 0 Å². The van der Waals surface area contributed by atoms with Gasteiger partial charge in [-0.05, 0) is 13.0 Å². The van der Waals surface area contributed by atoms with E-state index in [1.54, 1.807) is 12.1 Å². The quantitative estimate of drug-likeness (QED) is 0.551. The fourth-order valence-electron chi connectivity index (χ4n) is 0.923. The Bertz CT molecular complexity index is 297. The number of rotatable bonds is 3. The molecule has 1 aromatic rings. The number of hydrogen-bond acceptors (Lipinski definition) is 4. The monoisotopic (exact) mass is 182 g/mol. The molecule has 0 spiro atoms. The van der Waals surface area contributed by atoms with Crippen LogP contribution in [0.2, 0.25) is 0 Å². The van der Waals surface area contributed by atoms with Crippen LogP contribution in [0.4, 0.5) is 0 Å². The first-order valence-electron chi connectivity index (χ1n) is 3.82. The molecule has 1 atom stereocenters. The molecule has 70 valence electrons. The average Bonchev–Trinajstić information content (AvgIpc) is 2.04. The lowest BCUT2D eigenvalue weighted by molar-refractivity contribution is -0.491. The summed E-state index contributed by atoms with van der Waals surface area (Å²) in [7, 11) is 0. The Hall–Kier alpha value is -1.49. The van der Waals surface area contributed by atoms with Crippen LogP contribution in [0.25, 0.3) is 0 Å². The Morgan fingerprint density at radius 1 is 1.69 bits per heavy atom. The summed E-state index contributed by atoms with van der Waals surface area (Å²) in [6, 6.07) is 3.34. The summed E-state index contributed by atoms with van der Waals surface area (Å²) < 4.78 is 0. The third-order valence-corrected chi connectivity index (χ3v) is 1.64. The summed E-state index contributed by atoms with van der Waals surface area (Å²) in [5.74, 6) is 0. The van der Waals surface area contributed by atoms with Crippen LogP contribution < -0.4 is 0 Å². The van der Waals surface area contributed by atoms with E-state index in [1.807, 2.05) is 6.92 Å². The van der Waals surface area contributed by atoms with Crippen molar-refractivity contribution in [2.45, 2.75) is 13.0 Å². The molecule has 0 saturated heterocycles. The Labute approximate surface area is 75.2 Å². The molecule has 0 aliphatic heterocycles. The third-order valence-electron chi connectivity index (χ3n) is 1.64. The van der Waals surface area contributed by atoms with Gasteiger partial charge in [0.15, 0.2) is 0 Å². The van der Waals surface area contributed by atoms with Crippen LogP contribution >= 0.6 is 0 Å². The van der Waals surface area contributed by atoms with Gasteiger partial charge in [-0.3, -0.25) is 15.1 Å². The van der Waals surface area contributed by atoms with E-state index in [9.17, 15) is 15.2 Å². The predicted octanol–water partition coefficient (Wildman–Crippen LogP) is 0.700. The topological polar surface area (TPSA) is 76.3 Å². The minimum atomic E-state index is -1.07. The van der Waals surface area contributed by atoms with E-state index in [1.165, 1.54) is 6.20 Å². The van der Waals surface area contributed by atoms with E-state index >= 15 is 0 Å². The van der Waals surface area contributed by atoms with Gasteiger partial charge in [0.25, 0.3) is 0 Å². The third kappa shape index (κ3) is 2.79. The number of nitrogens with zero attached hydrogens (tertiary/aromatic N) is 2. The van der Waals surface area contributed by atoms with Gasteiger partial charge in [-0.15, -0.1) is 0 Å². The maximum Gasteiger partial charge on any atom is 0.233 e. The molecular formula is C8H10N2O3. The molecule has 0 unspecified atom stereocenters. The highest BCUT2D eigenvalue weighted by Gasteiger charge is 2.13. The van der Waals surface area contributed by atoms with Crippen LogP contribution in [0.3, 0.4) is 0 Å². The lowest BCUT2D eigenvalue weighted by Crippen LogP contribution is -2.11. The summed E-state index contributed by atoms with van der Waals surface area (Å²) in [6.45, 7) is 1.33. The number of nitro groups is 1. The summed E-state index contributed by atoms with van der Waals surface area (Å²) in [6.07, 6.45) is 0.381. The number of aliphatic hydroxyl groups is 1. The van der Waals surface area contributed by atoms with Crippen LogP contribution in [-0.2, 0) is 0 Å². The van der Waals surface area contributed by atoms with Gasteiger partial charge in [0, 0.05) is 22.4 Å². The molecule has 5 heteroatoms. The van der Waals surface area contributed by atoms with E-state index in [-0.39, 0.29) is 0 Å². The normalized spacial score (nSPS) is 12.5. The van der Waals surface area contributed by atoms with Gasteiger partial charge >= 0.3 is 0 Å². The Morgan fingerprint density at radius 3 is 2.85 bits per heavy atom. The van der Waals surface area contributed by atoms with E-state index in [0.717, 1.165) is 5.69 Å². The van der Waals surface area contributed by atoms with Crippen molar-refractivity contribution < 1.29 is 10.0 Å². The number of aryl methyl sites for hydroxylation is 1. The number of aliphatic hydroxyl groups excluding tert-OH is 1. The lowest BCUT2D eigenvalue weighted by Gasteiger charge is -2.05. The van der Waals surface area contributed by atoms with Crippen LogP contribution in [0.1, 0.15) is 17.4 Å². The van der Waals surface area contributed by atoms with E-state index < -0.39 is 17.6 Å². The van der Waals surface area contributed by atoms with Crippen LogP contribution in [0.5, 0.6) is 0 Å². The van der Waals surface area contributed by atoms with Gasteiger partial charge in [-0.2, -0.15) is 0 Å². The molecule has 0 amide bonds. The molecule has 0 aliphatic rings. The van der Waals surface area contributed by atoms with Crippen LogP contribution in [0.15, 0.2) is 18.3 Å². The van der Waals surface area contributed by atoms with Crippen molar-refractivity contribution in [2.24, 2.45) is 0 Å². The number of aromatic nitrogens is 1. The molecule has 1 rings (SSSR count). The first kappa shape index (κ1) is 9.60. The second kappa shape index (κ2) is 3.95. The minimum absolute atomic E-state index is 0.474. The molecule has 1 aromatic heterocycles. The maximum atomic E-state index is 10.1. The number of pyridine rings is 1. The summed E-state index contributed by atoms with van der Waals surface area (Å²) in [5.41, 5.74) is 1.29. The first-order chi connectivity index (χ1) is 6.09. The van der Waals surface area contributed by atoms with Gasteiger partial charge in [-0.1, -0.05) is 6.07 Å². The average molecular weight is 182 g/mol. The molecule has 0 aromatic carbocycles. The molecule has 0 fully saturated rings. The summed E-state index contributed by atoms with van der Waals surface area (Å²) in [4.78, 5) is 13.4. The second-order valence-electron chi connectivity index (χ2n) is 2.76. The highest BCUT2D eigenvalue weighted by molar-refractivity contribution is 5.15. The molecule has 5 nitrogen and oxygen atoms in total. The zero-order valence-corrected chi connectivity index (χ0v) is 7.17. The molecule has 0 saturated carbocycles. The largest absolute Gasteiger partial charge is 0.381 e. The number of hydrogen-bond donors (Lipinski definition) is 1. The van der Waals surface area contributed by atoms with Crippen molar-refractivity contribution in [1.29, 1.82) is 0 Å². The van der Waals surface area contributed by atoms with E-state index in [0.29, 0.717) is 5.56 Å². The fourth-order valence-corrected chi connectivity index (χ4v) is 0.923. The summed E-state index contributed by atoms with van der Waals surface area (Å²) in [5, 5.41) is 19.4. The van der Waals surface area contributed by atoms with Crippen molar-refractivity contribution in [3.63, 3.8) is 0 Å². The molecule has 0 bridgehead atoms. The first-order valence-corrected chi connectivity index (χ1v) is 3.82. The fraction of sp³-hybridized carbons (Fsp3) is 0.375. The lowest BCUT2D eigenvalue weighted by atomic mass is 10.1. The van der Waals surface area contributed by atoms with E-state index in [4.69, 9.17) is 0 Å². The van der Waals surface area contributed by atoms with Crippen molar-refractivity contribution in [3.05, 3.63) is 39.7 Å². The Kier molecular flexibility index (Phi) is 2.92. The molecular weight excluding hydrogens is 172 g/mol. The van der Waals surface area contributed by atoms with Crippen molar-refractivity contribution in [1.82, 2.24) is 4.98 Å². The highest BCUT2D eigenvalue weighted by Crippen LogP contribution is 2.11. The highest BCUT2D eigenvalue weighted by atomic mass is 16.6. The minimum Gasteiger partial charge on any atom is -0.381 e. The molecule has 0 aliphatic carbocycles. The standard InChI is InChI=1S/C8H10N2O3/c1-6-2-3-7(4-9-6)8(11)5-10(12)13/h2-4,8,11H,5H2,1H3/t8-/m1/s1. The van der Waals surface area contributed by atoms with Crippen molar-refractivity contribution in [3.8, 4) is 0 Å². The summed E-state index contributed by atoms with van der Waals surface area (Å²) >= 11 is 0. The van der Waals surface area contributed by atoms with Crippen molar-refractivity contribution in [2.75, 3.05) is 6.54 Å². The smallest absolute Gasteiger partial charge is 0.233 e. The Morgan fingerprint density at radius 2 is 2.38 bits per heavy atom. The second-order valence-corrected chi connectivity index (χ2v) is 2.76. The van der Waals surface area contributed by atoms with Gasteiger partial charge in [-0.25, -0.2) is 0 Å². The van der Waals surface area contributed by atoms with Gasteiger partial charge in [0.05, 0.1) is 0 Å². The van der Waals surface area contributed by atoms with Gasteiger partial charge in [0.2, 0.25) is 6.54 Å². The SMILES string of the molecule is Cc1ccc([C@H](O)C[N+](=O)[O-])cn1. The maximum absolute atomic E-state index is 10.1. The van der Waals surface area contributed by atoms with Crippen LogP contribution in [-0.4, -0.2) is 21.6 Å². The zero-order valence-electron chi connectivity index (χ0n) is 7.17. The Balaban J connectivity index is 2.71. The molecule has 1 N–H and O–H groups in total. The van der Waals surface area contributed by atoms with E-state index in [2.05, 4.69) is 4.98 Å². The van der Waals surface area contributed by atoms with Crippen LogP contribution in [0, 0.1) is 17.0 Å². The van der Waals surface area contributed by atoms with Gasteiger partial charge < -0.3 is 5.11 Å². The molecule has 0 radical (unpaired) electrons. The van der Waals surface area contributed by atoms with Gasteiger partial charge in [0.1, 0.15) is 6.10 Å². The zero-order chi connectivity index (χ0) is 9.84. The molecule has 13 heavy (non-hydrogen) atoms. The molecule has 1 heterocycles. The predicted molar refractivity (Wildman–Crippen MR) is 45.8 cm³/mol.